The molecule has 174 valence electrons. The summed E-state index contributed by atoms with van der Waals surface area (Å²) in [6.07, 6.45) is 1.42. The Morgan fingerprint density at radius 1 is 0.829 bits per heavy atom. The van der Waals surface area contributed by atoms with E-state index in [1.807, 2.05) is 24.3 Å². The summed E-state index contributed by atoms with van der Waals surface area (Å²) >= 11 is 0. The third-order valence-corrected chi connectivity index (χ3v) is 5.17. The van der Waals surface area contributed by atoms with Gasteiger partial charge in [-0.15, -0.1) is 0 Å². The van der Waals surface area contributed by atoms with Gasteiger partial charge in [0.15, 0.2) is 0 Å². The molecule has 0 aliphatic carbocycles. The standard InChI is InChI=1S/C27H22N4O4/c28-25(32)20-10-12-22(13-11-20)30-26(33)27(34)31-29-16-18-8-14-23(15-9-18)35-17-21-6-3-5-19-4-1-2-7-24(19)21/h1-16H,17H2,(H2,28,32)(H,30,33)(H,31,34). The monoisotopic (exact) mass is 466 g/mol. The van der Waals surface area contributed by atoms with E-state index < -0.39 is 17.7 Å². The van der Waals surface area contributed by atoms with Gasteiger partial charge in [0.1, 0.15) is 12.4 Å². The van der Waals surface area contributed by atoms with Crippen LogP contribution in [0.1, 0.15) is 21.5 Å². The van der Waals surface area contributed by atoms with E-state index in [-0.39, 0.29) is 0 Å². The highest BCUT2D eigenvalue weighted by Crippen LogP contribution is 2.21. The first-order valence-corrected chi connectivity index (χ1v) is 10.7. The van der Waals surface area contributed by atoms with Crippen LogP contribution in [-0.4, -0.2) is 23.9 Å². The Balaban J connectivity index is 1.27. The van der Waals surface area contributed by atoms with Gasteiger partial charge in [-0.3, -0.25) is 14.4 Å². The van der Waals surface area contributed by atoms with Crippen molar-refractivity contribution in [2.75, 3.05) is 5.32 Å². The third-order valence-electron chi connectivity index (χ3n) is 5.17. The lowest BCUT2D eigenvalue weighted by atomic mass is 10.1. The van der Waals surface area contributed by atoms with E-state index in [9.17, 15) is 14.4 Å². The van der Waals surface area contributed by atoms with Gasteiger partial charge in [-0.1, -0.05) is 42.5 Å². The van der Waals surface area contributed by atoms with E-state index in [4.69, 9.17) is 10.5 Å². The number of anilines is 1. The summed E-state index contributed by atoms with van der Waals surface area (Å²) in [5.41, 5.74) is 9.79. The van der Waals surface area contributed by atoms with E-state index in [2.05, 4.69) is 34.0 Å². The van der Waals surface area contributed by atoms with E-state index in [1.54, 1.807) is 24.3 Å². The van der Waals surface area contributed by atoms with Gasteiger partial charge in [-0.2, -0.15) is 5.10 Å². The maximum absolute atomic E-state index is 12.0. The molecule has 4 N–H and O–H groups in total. The molecule has 0 aliphatic heterocycles. The van der Waals surface area contributed by atoms with E-state index >= 15 is 0 Å². The van der Waals surface area contributed by atoms with Crippen LogP contribution in [0.4, 0.5) is 5.69 Å². The number of ether oxygens (including phenoxy) is 1. The second-order valence-corrected chi connectivity index (χ2v) is 7.59. The summed E-state index contributed by atoms with van der Waals surface area (Å²) in [6, 6.07) is 27.3. The van der Waals surface area contributed by atoms with Gasteiger partial charge in [0.25, 0.3) is 0 Å². The summed E-state index contributed by atoms with van der Waals surface area (Å²) in [5, 5.41) is 8.54. The van der Waals surface area contributed by atoms with Crippen LogP contribution in [0.25, 0.3) is 10.8 Å². The number of hydrogen-bond donors (Lipinski definition) is 3. The molecule has 4 aromatic carbocycles. The molecule has 0 aliphatic rings. The van der Waals surface area contributed by atoms with Crippen molar-refractivity contribution in [3.05, 3.63) is 108 Å². The van der Waals surface area contributed by atoms with Crippen LogP contribution in [0.5, 0.6) is 5.75 Å². The van der Waals surface area contributed by atoms with Gasteiger partial charge in [-0.25, -0.2) is 5.43 Å². The van der Waals surface area contributed by atoms with Crippen molar-refractivity contribution >= 4 is 40.4 Å². The smallest absolute Gasteiger partial charge is 0.329 e. The largest absolute Gasteiger partial charge is 0.489 e. The Labute approximate surface area is 201 Å². The molecule has 0 atom stereocenters. The number of nitrogens with one attached hydrogen (secondary N) is 2. The van der Waals surface area contributed by atoms with Gasteiger partial charge in [0.05, 0.1) is 6.21 Å². The fraction of sp³-hybridized carbons (Fsp3) is 0.0370. The minimum Gasteiger partial charge on any atom is -0.489 e. The van der Waals surface area contributed by atoms with E-state index in [1.165, 1.54) is 30.5 Å². The second-order valence-electron chi connectivity index (χ2n) is 7.59. The van der Waals surface area contributed by atoms with E-state index in [0.717, 1.165) is 16.3 Å². The zero-order valence-electron chi connectivity index (χ0n) is 18.6. The average molecular weight is 466 g/mol. The van der Waals surface area contributed by atoms with Crippen LogP contribution >= 0.6 is 0 Å². The molecule has 0 aromatic heterocycles. The van der Waals surface area contributed by atoms with Crippen molar-refractivity contribution < 1.29 is 19.1 Å². The molecule has 0 saturated carbocycles. The summed E-state index contributed by atoms with van der Waals surface area (Å²) in [4.78, 5) is 35.0. The predicted molar refractivity (Wildman–Crippen MR) is 134 cm³/mol. The normalized spacial score (nSPS) is 10.7. The number of primary amides is 1. The zero-order chi connectivity index (χ0) is 24.6. The number of fused-ring (bicyclic) bond motifs is 1. The molecule has 0 radical (unpaired) electrons. The first-order chi connectivity index (χ1) is 17.0. The molecule has 0 heterocycles. The van der Waals surface area contributed by atoms with Gasteiger partial charge in [0, 0.05) is 11.3 Å². The Kier molecular flexibility index (Phi) is 7.13. The molecule has 0 spiro atoms. The van der Waals surface area contributed by atoms with Crippen LogP contribution in [0.3, 0.4) is 0 Å². The first-order valence-electron chi connectivity index (χ1n) is 10.7. The molecule has 8 heteroatoms. The molecular weight excluding hydrogens is 444 g/mol. The van der Waals surface area contributed by atoms with Gasteiger partial charge < -0.3 is 15.8 Å². The molecule has 0 unspecified atom stereocenters. The number of nitrogens with two attached hydrogens (primary N) is 1. The number of amides is 3. The Morgan fingerprint density at radius 2 is 1.54 bits per heavy atom. The number of rotatable bonds is 7. The maximum Gasteiger partial charge on any atom is 0.329 e. The van der Waals surface area contributed by atoms with Crippen molar-refractivity contribution in [2.45, 2.75) is 6.61 Å². The molecule has 0 bridgehead atoms. The molecular formula is C27H22N4O4. The zero-order valence-corrected chi connectivity index (χ0v) is 18.6. The number of nitrogens with zero attached hydrogens (tertiary/aromatic N) is 1. The topological polar surface area (TPSA) is 123 Å². The third kappa shape index (κ3) is 6.08. The lowest BCUT2D eigenvalue weighted by Crippen LogP contribution is -2.32. The number of hydrazone groups is 1. The highest BCUT2D eigenvalue weighted by molar-refractivity contribution is 6.39. The predicted octanol–water partition coefficient (Wildman–Crippen LogP) is 3.61. The van der Waals surface area contributed by atoms with Crippen molar-refractivity contribution in [1.29, 1.82) is 0 Å². The first kappa shape index (κ1) is 23.2. The van der Waals surface area contributed by atoms with Crippen molar-refractivity contribution in [3.63, 3.8) is 0 Å². The SMILES string of the molecule is NC(=O)c1ccc(NC(=O)C(=O)NN=Cc2ccc(OCc3cccc4ccccc34)cc2)cc1. The Hall–Kier alpha value is -4.98. The van der Waals surface area contributed by atoms with Gasteiger partial charge in [0.2, 0.25) is 5.91 Å². The van der Waals surface area contributed by atoms with Gasteiger partial charge >= 0.3 is 11.8 Å². The van der Waals surface area contributed by atoms with Crippen LogP contribution in [0.2, 0.25) is 0 Å². The molecule has 4 rings (SSSR count). The van der Waals surface area contributed by atoms with E-state index in [0.29, 0.717) is 29.2 Å². The molecule has 8 nitrogen and oxygen atoms in total. The Morgan fingerprint density at radius 3 is 2.29 bits per heavy atom. The molecule has 3 amide bonds. The van der Waals surface area contributed by atoms with Crippen LogP contribution in [-0.2, 0) is 16.2 Å². The number of carbonyl (C=O) groups is 3. The van der Waals surface area contributed by atoms with Crippen LogP contribution in [0.15, 0.2) is 96.1 Å². The highest BCUT2D eigenvalue weighted by Gasteiger charge is 2.13. The second kappa shape index (κ2) is 10.8. The summed E-state index contributed by atoms with van der Waals surface area (Å²) in [5.74, 6) is -1.72. The fourth-order valence-corrected chi connectivity index (χ4v) is 3.35. The summed E-state index contributed by atoms with van der Waals surface area (Å²) < 4.78 is 5.91. The number of benzene rings is 4. The average Bonchev–Trinajstić information content (AvgIpc) is 2.88. The van der Waals surface area contributed by atoms with Gasteiger partial charge in [-0.05, 0) is 70.4 Å². The van der Waals surface area contributed by atoms with Crippen molar-refractivity contribution in [1.82, 2.24) is 5.43 Å². The maximum atomic E-state index is 12.0. The molecule has 4 aromatic rings. The minimum absolute atomic E-state index is 0.294. The van der Waals surface area contributed by atoms with Crippen molar-refractivity contribution in [3.8, 4) is 5.75 Å². The minimum atomic E-state index is -0.935. The van der Waals surface area contributed by atoms with Crippen LogP contribution < -0.4 is 21.2 Å². The number of hydrogen-bond acceptors (Lipinski definition) is 5. The lowest BCUT2D eigenvalue weighted by molar-refractivity contribution is -0.136. The quantitative estimate of drug-likeness (QED) is 0.219. The summed E-state index contributed by atoms with van der Waals surface area (Å²) in [7, 11) is 0. The Bertz CT molecular complexity index is 1390. The molecule has 35 heavy (non-hydrogen) atoms. The summed E-state index contributed by atoms with van der Waals surface area (Å²) in [6.45, 7) is 0.436. The number of carbonyl (C=O) groups excluding carboxylic acids is 3. The van der Waals surface area contributed by atoms with Crippen molar-refractivity contribution in [2.24, 2.45) is 10.8 Å². The lowest BCUT2D eigenvalue weighted by Gasteiger charge is -2.09. The highest BCUT2D eigenvalue weighted by atomic mass is 16.5. The molecule has 0 saturated heterocycles. The van der Waals surface area contributed by atoms with Crippen LogP contribution in [0, 0.1) is 0 Å². The fourth-order valence-electron chi connectivity index (χ4n) is 3.35. The molecule has 0 fully saturated rings.